The van der Waals surface area contributed by atoms with Crippen molar-refractivity contribution in [2.24, 2.45) is 0 Å². The van der Waals surface area contributed by atoms with Crippen molar-refractivity contribution in [2.75, 3.05) is 12.4 Å². The third kappa shape index (κ3) is 3.03. The van der Waals surface area contributed by atoms with Crippen LogP contribution < -0.4 is 10.1 Å². The highest BCUT2D eigenvalue weighted by Gasteiger charge is 2.31. The van der Waals surface area contributed by atoms with Crippen LogP contribution in [0.4, 0.5) is 5.95 Å². The molecule has 3 aromatic rings. The Morgan fingerprint density at radius 2 is 1.96 bits per heavy atom. The number of anilines is 1. The van der Waals surface area contributed by atoms with Gasteiger partial charge in [0.05, 0.1) is 19.2 Å². The summed E-state index contributed by atoms with van der Waals surface area (Å²) < 4.78 is 6.99. The molecule has 0 saturated heterocycles. The van der Waals surface area contributed by atoms with Gasteiger partial charge in [0.15, 0.2) is 0 Å². The summed E-state index contributed by atoms with van der Waals surface area (Å²) in [5.41, 5.74) is 2.07. The van der Waals surface area contributed by atoms with E-state index >= 15 is 0 Å². The van der Waals surface area contributed by atoms with E-state index in [4.69, 9.17) is 27.9 Å². The summed E-state index contributed by atoms with van der Waals surface area (Å²) in [5.74, 6) is 1.43. The highest BCUT2D eigenvalue weighted by Crippen LogP contribution is 2.40. The molecule has 1 N–H and O–H groups in total. The Balaban J connectivity index is 1.72. The van der Waals surface area contributed by atoms with Crippen molar-refractivity contribution in [1.82, 2.24) is 20.2 Å². The van der Waals surface area contributed by atoms with Crippen molar-refractivity contribution in [3.63, 3.8) is 0 Å². The lowest BCUT2D eigenvalue weighted by Crippen LogP contribution is -2.28. The summed E-state index contributed by atoms with van der Waals surface area (Å²) in [4.78, 5) is 0. The van der Waals surface area contributed by atoms with Gasteiger partial charge >= 0.3 is 0 Å². The number of nitrogens with one attached hydrogen (secondary N) is 1. The number of halogens is 2. The van der Waals surface area contributed by atoms with Crippen LogP contribution in [0.15, 0.2) is 42.5 Å². The molecule has 0 amide bonds. The van der Waals surface area contributed by atoms with Crippen LogP contribution in [0, 0.1) is 0 Å². The maximum Gasteiger partial charge on any atom is 0.243 e. The van der Waals surface area contributed by atoms with Crippen molar-refractivity contribution in [3.05, 3.63) is 63.6 Å². The van der Waals surface area contributed by atoms with Crippen LogP contribution >= 0.6 is 23.2 Å². The molecule has 0 bridgehead atoms. The fourth-order valence-corrected chi connectivity index (χ4v) is 3.66. The molecule has 0 saturated carbocycles. The SMILES string of the molecule is COc1ccc([C@H]2C[C@@H](c3ccc(Cl)cc3Cl)n3nnnc3N2)cc1. The maximum atomic E-state index is 6.43. The van der Waals surface area contributed by atoms with Crippen molar-refractivity contribution in [2.45, 2.75) is 18.5 Å². The van der Waals surface area contributed by atoms with E-state index in [1.807, 2.05) is 36.4 Å². The Kier molecular flexibility index (Phi) is 4.23. The van der Waals surface area contributed by atoms with Gasteiger partial charge in [-0.2, -0.15) is 0 Å². The van der Waals surface area contributed by atoms with Gasteiger partial charge in [0.2, 0.25) is 5.95 Å². The topological polar surface area (TPSA) is 64.9 Å². The summed E-state index contributed by atoms with van der Waals surface area (Å²) >= 11 is 12.5. The second kappa shape index (κ2) is 6.54. The molecule has 2 heterocycles. The standard InChI is InChI=1S/C17H15Cl2N5O/c1-25-12-5-2-10(3-6-12)15-9-16(24-17(20-15)21-22-23-24)13-7-4-11(18)8-14(13)19/h2-8,15-16H,9H2,1H3,(H,20,21,23)/t15-,16+/m1/s1. The third-order valence-electron chi connectivity index (χ3n) is 4.39. The van der Waals surface area contributed by atoms with E-state index in [9.17, 15) is 0 Å². The molecule has 6 nitrogen and oxygen atoms in total. The number of ether oxygens (including phenoxy) is 1. The number of tetrazole rings is 1. The number of benzene rings is 2. The van der Waals surface area contributed by atoms with Crippen LogP contribution in [0.3, 0.4) is 0 Å². The van der Waals surface area contributed by atoms with Gasteiger partial charge < -0.3 is 10.1 Å². The second-order valence-electron chi connectivity index (χ2n) is 5.83. The Morgan fingerprint density at radius 3 is 2.68 bits per heavy atom. The number of fused-ring (bicyclic) bond motifs is 1. The van der Waals surface area contributed by atoms with Crippen LogP contribution in [-0.2, 0) is 0 Å². The molecule has 0 unspecified atom stereocenters. The van der Waals surface area contributed by atoms with Gasteiger partial charge in [0.25, 0.3) is 0 Å². The Labute approximate surface area is 154 Å². The minimum absolute atomic E-state index is 0.0566. The molecule has 1 aliphatic rings. The lowest BCUT2D eigenvalue weighted by Gasteiger charge is -2.31. The van der Waals surface area contributed by atoms with Crippen LogP contribution in [0.1, 0.15) is 29.6 Å². The van der Waals surface area contributed by atoms with E-state index in [0.29, 0.717) is 16.0 Å². The summed E-state index contributed by atoms with van der Waals surface area (Å²) in [5, 5.41) is 16.6. The molecule has 1 aliphatic heterocycles. The maximum absolute atomic E-state index is 6.43. The Hall–Kier alpha value is -2.31. The number of nitrogens with zero attached hydrogens (tertiary/aromatic N) is 4. The molecule has 128 valence electrons. The molecule has 0 aliphatic carbocycles. The third-order valence-corrected chi connectivity index (χ3v) is 4.95. The summed E-state index contributed by atoms with van der Waals surface area (Å²) in [6, 6.07) is 13.4. The predicted molar refractivity (Wildman–Crippen MR) is 96.4 cm³/mol. The molecule has 25 heavy (non-hydrogen) atoms. The number of rotatable bonds is 3. The molecule has 0 spiro atoms. The first kappa shape index (κ1) is 16.2. The van der Waals surface area contributed by atoms with Gasteiger partial charge in [-0.25, -0.2) is 4.68 Å². The van der Waals surface area contributed by atoms with Gasteiger partial charge in [0, 0.05) is 10.0 Å². The number of aromatic nitrogens is 4. The smallest absolute Gasteiger partial charge is 0.243 e. The molecule has 2 aromatic carbocycles. The van der Waals surface area contributed by atoms with E-state index in [1.165, 1.54) is 0 Å². The second-order valence-corrected chi connectivity index (χ2v) is 6.68. The van der Waals surface area contributed by atoms with Gasteiger partial charge in [0.1, 0.15) is 5.75 Å². The lowest BCUT2D eigenvalue weighted by atomic mass is 9.93. The quantitative estimate of drug-likeness (QED) is 0.745. The van der Waals surface area contributed by atoms with E-state index < -0.39 is 0 Å². The molecule has 2 atom stereocenters. The van der Waals surface area contributed by atoms with Crippen molar-refractivity contribution in [3.8, 4) is 5.75 Å². The largest absolute Gasteiger partial charge is 0.497 e. The zero-order chi connectivity index (χ0) is 17.4. The van der Waals surface area contributed by atoms with Crippen LogP contribution in [-0.4, -0.2) is 27.3 Å². The molecule has 0 radical (unpaired) electrons. The fraction of sp³-hybridized carbons (Fsp3) is 0.235. The van der Waals surface area contributed by atoms with Gasteiger partial charge in [-0.1, -0.05) is 46.5 Å². The summed E-state index contributed by atoms with van der Waals surface area (Å²) in [6.45, 7) is 0. The predicted octanol–water partition coefficient (Wildman–Crippen LogP) is 4.13. The minimum Gasteiger partial charge on any atom is -0.497 e. The van der Waals surface area contributed by atoms with E-state index in [-0.39, 0.29) is 12.1 Å². The first-order valence-electron chi connectivity index (χ1n) is 7.79. The Bertz CT molecular complexity index is 896. The monoisotopic (exact) mass is 375 g/mol. The molecular weight excluding hydrogens is 361 g/mol. The molecular formula is C17H15Cl2N5O. The zero-order valence-electron chi connectivity index (χ0n) is 13.4. The average molecular weight is 376 g/mol. The van der Waals surface area contributed by atoms with Crippen molar-refractivity contribution in [1.29, 1.82) is 0 Å². The molecule has 1 aromatic heterocycles. The van der Waals surface area contributed by atoms with Gasteiger partial charge in [-0.3, -0.25) is 0 Å². The number of hydrogen-bond donors (Lipinski definition) is 1. The summed E-state index contributed by atoms with van der Waals surface area (Å²) in [7, 11) is 1.65. The van der Waals surface area contributed by atoms with Crippen LogP contribution in [0.5, 0.6) is 5.75 Å². The van der Waals surface area contributed by atoms with E-state index in [1.54, 1.807) is 17.9 Å². The molecule has 8 heteroatoms. The van der Waals surface area contributed by atoms with Crippen molar-refractivity contribution < 1.29 is 4.74 Å². The highest BCUT2D eigenvalue weighted by atomic mass is 35.5. The first-order valence-corrected chi connectivity index (χ1v) is 8.54. The fourth-order valence-electron chi connectivity index (χ4n) is 3.12. The zero-order valence-corrected chi connectivity index (χ0v) is 14.9. The molecule has 0 fully saturated rings. The highest BCUT2D eigenvalue weighted by molar-refractivity contribution is 6.35. The Morgan fingerprint density at radius 1 is 1.16 bits per heavy atom. The van der Waals surface area contributed by atoms with E-state index in [2.05, 4.69) is 20.8 Å². The first-order chi connectivity index (χ1) is 12.2. The van der Waals surface area contributed by atoms with Crippen LogP contribution in [0.2, 0.25) is 10.0 Å². The normalized spacial score (nSPS) is 19.2. The van der Waals surface area contributed by atoms with Crippen LogP contribution in [0.25, 0.3) is 0 Å². The van der Waals surface area contributed by atoms with Crippen molar-refractivity contribution >= 4 is 29.2 Å². The van der Waals surface area contributed by atoms with E-state index in [0.717, 1.165) is 23.3 Å². The molecule has 4 rings (SSSR count). The average Bonchev–Trinajstić information content (AvgIpc) is 3.10. The van der Waals surface area contributed by atoms with Gasteiger partial charge in [-0.05, 0) is 52.2 Å². The lowest BCUT2D eigenvalue weighted by molar-refractivity contribution is 0.412. The number of hydrogen-bond acceptors (Lipinski definition) is 5. The van der Waals surface area contributed by atoms with Gasteiger partial charge in [-0.15, -0.1) is 0 Å². The number of methoxy groups -OCH3 is 1. The minimum atomic E-state index is -0.0804. The summed E-state index contributed by atoms with van der Waals surface area (Å²) in [6.07, 6.45) is 0.756.